The molecule has 31 heavy (non-hydrogen) atoms. The van der Waals surface area contributed by atoms with Crippen LogP contribution in [0.1, 0.15) is 23.4 Å². The lowest BCUT2D eigenvalue weighted by Gasteiger charge is -2.27. The minimum atomic E-state index is -0.0130. The number of aryl methyl sites for hydroxylation is 3. The van der Waals surface area contributed by atoms with Gasteiger partial charge in [-0.25, -0.2) is 4.98 Å². The Hall–Kier alpha value is -2.00. The van der Waals surface area contributed by atoms with E-state index in [1.165, 1.54) is 11.3 Å². The first-order valence-electron chi connectivity index (χ1n) is 10.6. The van der Waals surface area contributed by atoms with Crippen LogP contribution in [0.4, 0.5) is 5.13 Å². The fraction of sp³-hybridized carbons (Fsp3) is 0.500. The third-order valence-corrected chi connectivity index (χ3v) is 7.10. The summed E-state index contributed by atoms with van der Waals surface area (Å²) >= 11 is 7.90. The molecule has 9 heteroatoms. The van der Waals surface area contributed by atoms with Crippen LogP contribution in [0.25, 0.3) is 10.2 Å². The Balaban J connectivity index is 1.57. The zero-order valence-electron chi connectivity index (χ0n) is 18.2. The van der Waals surface area contributed by atoms with Gasteiger partial charge in [0, 0.05) is 31.9 Å². The number of benzene rings is 1. The third kappa shape index (κ3) is 5.09. The summed E-state index contributed by atoms with van der Waals surface area (Å²) in [6.07, 6.45) is 0.867. The summed E-state index contributed by atoms with van der Waals surface area (Å²) in [5.74, 6) is -0.0130. The van der Waals surface area contributed by atoms with Gasteiger partial charge in [0.05, 0.1) is 34.1 Å². The Morgan fingerprint density at radius 3 is 2.71 bits per heavy atom. The molecule has 0 saturated carbocycles. The van der Waals surface area contributed by atoms with Crippen LogP contribution in [0.5, 0.6) is 0 Å². The third-order valence-electron chi connectivity index (χ3n) is 5.57. The van der Waals surface area contributed by atoms with E-state index in [9.17, 15) is 4.79 Å². The van der Waals surface area contributed by atoms with E-state index in [-0.39, 0.29) is 12.5 Å². The molecular weight excluding hydrogens is 434 g/mol. The second kappa shape index (κ2) is 9.65. The molecule has 0 spiro atoms. The highest BCUT2D eigenvalue weighted by molar-refractivity contribution is 7.23. The standard InChI is InChI=1S/C22H28ClN5O2S/c1-15-5-6-18(23)21-20(15)24-22(31-21)27(8-4-7-26-9-11-30-12-10-26)19(29)14-28-17(3)13-16(2)25-28/h5-6,13H,4,7-12,14H2,1-3H3. The molecule has 1 aliphatic heterocycles. The van der Waals surface area contributed by atoms with Crippen molar-refractivity contribution >= 4 is 44.2 Å². The number of thiazole rings is 1. The van der Waals surface area contributed by atoms with Crippen molar-refractivity contribution in [3.8, 4) is 0 Å². The summed E-state index contributed by atoms with van der Waals surface area (Å²) in [4.78, 5) is 22.4. The van der Waals surface area contributed by atoms with Gasteiger partial charge < -0.3 is 4.74 Å². The smallest absolute Gasteiger partial charge is 0.250 e. The minimum Gasteiger partial charge on any atom is -0.379 e. The second-order valence-corrected chi connectivity index (χ2v) is 9.36. The van der Waals surface area contributed by atoms with E-state index in [0.29, 0.717) is 16.7 Å². The Bertz CT molecular complexity index is 1030. The predicted molar refractivity (Wildman–Crippen MR) is 125 cm³/mol. The van der Waals surface area contributed by atoms with E-state index in [2.05, 4.69) is 10.00 Å². The van der Waals surface area contributed by atoms with Gasteiger partial charge in [0.1, 0.15) is 6.54 Å². The summed E-state index contributed by atoms with van der Waals surface area (Å²) in [5, 5.41) is 5.82. The number of aromatic nitrogens is 3. The first-order chi connectivity index (χ1) is 14.9. The second-order valence-electron chi connectivity index (χ2n) is 7.98. The molecule has 1 fully saturated rings. The highest BCUT2D eigenvalue weighted by Gasteiger charge is 2.23. The maximum atomic E-state index is 13.4. The van der Waals surface area contributed by atoms with Crippen molar-refractivity contribution in [2.24, 2.45) is 0 Å². The Morgan fingerprint density at radius 1 is 1.26 bits per heavy atom. The molecule has 2 aromatic heterocycles. The van der Waals surface area contributed by atoms with Crippen molar-refractivity contribution in [3.05, 3.63) is 40.2 Å². The van der Waals surface area contributed by atoms with Gasteiger partial charge in [0.2, 0.25) is 0 Å². The number of hydrogen-bond donors (Lipinski definition) is 0. The molecule has 0 radical (unpaired) electrons. The molecule has 0 N–H and O–H groups in total. The molecule has 166 valence electrons. The highest BCUT2D eigenvalue weighted by Crippen LogP contribution is 2.35. The first-order valence-corrected chi connectivity index (χ1v) is 11.8. The summed E-state index contributed by atoms with van der Waals surface area (Å²) in [7, 11) is 0. The van der Waals surface area contributed by atoms with Crippen molar-refractivity contribution in [3.63, 3.8) is 0 Å². The van der Waals surface area contributed by atoms with Crippen molar-refractivity contribution in [1.29, 1.82) is 0 Å². The maximum Gasteiger partial charge on any atom is 0.250 e. The Kier molecular flexibility index (Phi) is 6.91. The fourth-order valence-corrected chi connectivity index (χ4v) is 5.22. The molecule has 7 nitrogen and oxygen atoms in total. The van der Waals surface area contributed by atoms with Crippen LogP contribution in [-0.4, -0.2) is 65.0 Å². The molecule has 1 saturated heterocycles. The highest BCUT2D eigenvalue weighted by atomic mass is 35.5. The molecule has 1 amide bonds. The zero-order valence-corrected chi connectivity index (χ0v) is 19.8. The van der Waals surface area contributed by atoms with Gasteiger partial charge in [-0.1, -0.05) is 29.0 Å². The molecule has 0 bridgehead atoms. The van der Waals surface area contributed by atoms with E-state index >= 15 is 0 Å². The largest absolute Gasteiger partial charge is 0.379 e. The van der Waals surface area contributed by atoms with Crippen LogP contribution in [-0.2, 0) is 16.1 Å². The number of amides is 1. The minimum absolute atomic E-state index is 0.0130. The number of carbonyl (C=O) groups excluding carboxylic acids is 1. The number of morpholine rings is 1. The topological polar surface area (TPSA) is 63.5 Å². The van der Waals surface area contributed by atoms with Gasteiger partial charge in [0.25, 0.3) is 5.91 Å². The summed E-state index contributed by atoms with van der Waals surface area (Å²) < 4.78 is 8.12. The lowest BCUT2D eigenvalue weighted by molar-refractivity contribution is -0.119. The van der Waals surface area contributed by atoms with Crippen LogP contribution >= 0.6 is 22.9 Å². The number of carbonyl (C=O) groups is 1. The molecule has 4 rings (SSSR count). The van der Waals surface area contributed by atoms with Crippen molar-refractivity contribution in [2.45, 2.75) is 33.7 Å². The summed E-state index contributed by atoms with van der Waals surface area (Å²) in [6.45, 7) is 11.1. The number of hydrogen-bond acceptors (Lipinski definition) is 6. The quantitative estimate of drug-likeness (QED) is 0.535. The first kappa shape index (κ1) is 22.2. The van der Waals surface area contributed by atoms with E-state index in [1.54, 1.807) is 9.58 Å². The SMILES string of the molecule is Cc1cc(C)n(CC(=O)N(CCCN2CCOCC2)c2nc3c(C)ccc(Cl)c3s2)n1. The molecular formula is C22H28ClN5O2S. The molecule has 1 aromatic carbocycles. The van der Waals surface area contributed by atoms with Crippen molar-refractivity contribution in [1.82, 2.24) is 19.7 Å². The van der Waals surface area contributed by atoms with E-state index < -0.39 is 0 Å². The number of nitrogens with zero attached hydrogens (tertiary/aromatic N) is 5. The Morgan fingerprint density at radius 2 is 2.03 bits per heavy atom. The monoisotopic (exact) mass is 461 g/mol. The lowest BCUT2D eigenvalue weighted by Crippen LogP contribution is -2.40. The van der Waals surface area contributed by atoms with Crippen LogP contribution in [0.2, 0.25) is 5.02 Å². The average Bonchev–Trinajstić information content (AvgIpc) is 3.33. The van der Waals surface area contributed by atoms with Gasteiger partial charge in [-0.2, -0.15) is 5.10 Å². The van der Waals surface area contributed by atoms with Gasteiger partial charge in [-0.05, 0) is 44.9 Å². The van der Waals surface area contributed by atoms with E-state index in [1.807, 2.05) is 39.0 Å². The molecule has 0 atom stereocenters. The van der Waals surface area contributed by atoms with E-state index in [0.717, 1.165) is 66.4 Å². The van der Waals surface area contributed by atoms with Crippen LogP contribution in [0, 0.1) is 20.8 Å². The number of rotatable bonds is 7. The molecule has 0 aliphatic carbocycles. The zero-order chi connectivity index (χ0) is 22.0. The van der Waals surface area contributed by atoms with Crippen LogP contribution in [0.15, 0.2) is 18.2 Å². The average molecular weight is 462 g/mol. The van der Waals surface area contributed by atoms with Gasteiger partial charge in [0.15, 0.2) is 5.13 Å². The fourth-order valence-electron chi connectivity index (χ4n) is 3.86. The molecule has 1 aliphatic rings. The Labute approximate surface area is 191 Å². The van der Waals surface area contributed by atoms with Gasteiger partial charge in [-0.15, -0.1) is 0 Å². The van der Waals surface area contributed by atoms with E-state index in [4.69, 9.17) is 21.3 Å². The number of anilines is 1. The van der Waals surface area contributed by atoms with Gasteiger partial charge in [-0.3, -0.25) is 19.3 Å². The predicted octanol–water partition coefficient (Wildman–Crippen LogP) is 3.83. The molecule has 0 unspecified atom stereocenters. The number of fused-ring (bicyclic) bond motifs is 1. The number of halogens is 1. The number of ether oxygens (including phenoxy) is 1. The normalized spacial score (nSPS) is 15.0. The van der Waals surface area contributed by atoms with Crippen LogP contribution < -0.4 is 4.90 Å². The van der Waals surface area contributed by atoms with Crippen LogP contribution in [0.3, 0.4) is 0 Å². The summed E-state index contributed by atoms with van der Waals surface area (Å²) in [5.41, 5.74) is 3.81. The summed E-state index contributed by atoms with van der Waals surface area (Å²) in [6, 6.07) is 5.84. The van der Waals surface area contributed by atoms with Crippen molar-refractivity contribution in [2.75, 3.05) is 44.3 Å². The molecule has 3 heterocycles. The molecule has 3 aromatic rings. The maximum absolute atomic E-state index is 13.4. The van der Waals surface area contributed by atoms with Crippen molar-refractivity contribution < 1.29 is 9.53 Å². The van der Waals surface area contributed by atoms with Gasteiger partial charge >= 0.3 is 0 Å². The lowest BCUT2D eigenvalue weighted by atomic mass is 10.2.